The molecule has 0 aromatic rings. The number of carbonyl (C=O) groups is 1. The summed E-state index contributed by atoms with van der Waals surface area (Å²) in [6.07, 6.45) is 1.80. The number of rotatable bonds is 0. The van der Waals surface area contributed by atoms with Crippen molar-refractivity contribution in [2.75, 3.05) is 6.16 Å². The summed E-state index contributed by atoms with van der Waals surface area (Å²) in [7, 11) is 0.689. The zero-order valence-electron chi connectivity index (χ0n) is 3.32. The van der Waals surface area contributed by atoms with Gasteiger partial charge in [0.15, 0.2) is 0 Å². The van der Waals surface area contributed by atoms with E-state index in [1.807, 2.05) is 0 Å². The van der Waals surface area contributed by atoms with Crippen LogP contribution in [0.15, 0.2) is 0 Å². The number of amides is 1. The molecule has 1 rings (SSSR count). The standard InChI is InChI=1S/C3H6NOP/c5-3-1-2-6-4-3/h6H,1-2H2,(H,4,5). The molecule has 3 heteroatoms. The van der Waals surface area contributed by atoms with Crippen LogP contribution in [0.4, 0.5) is 0 Å². The molecule has 1 N–H and O–H groups in total. The lowest BCUT2D eigenvalue weighted by molar-refractivity contribution is -0.118. The summed E-state index contributed by atoms with van der Waals surface area (Å²) in [5, 5.41) is 2.71. The molecular formula is C3H6NOP. The fourth-order valence-electron chi connectivity index (χ4n) is 0.400. The second-order valence-corrected chi connectivity index (χ2v) is 2.33. The van der Waals surface area contributed by atoms with E-state index in [2.05, 4.69) is 5.09 Å². The van der Waals surface area contributed by atoms with Crippen LogP contribution in [-0.4, -0.2) is 12.1 Å². The highest BCUT2D eigenvalue weighted by Crippen LogP contribution is 2.12. The second-order valence-electron chi connectivity index (χ2n) is 1.22. The van der Waals surface area contributed by atoms with E-state index in [9.17, 15) is 4.79 Å². The van der Waals surface area contributed by atoms with Crippen molar-refractivity contribution in [3.8, 4) is 0 Å². The van der Waals surface area contributed by atoms with Crippen molar-refractivity contribution in [1.29, 1.82) is 0 Å². The zero-order chi connectivity index (χ0) is 4.41. The predicted molar refractivity (Wildman–Crippen MR) is 25.9 cm³/mol. The molecule has 0 radical (unpaired) electrons. The van der Waals surface area contributed by atoms with Crippen molar-refractivity contribution in [3.63, 3.8) is 0 Å². The minimum Gasteiger partial charge on any atom is -0.338 e. The minimum absolute atomic E-state index is 0.216. The molecule has 0 saturated carbocycles. The molecule has 1 aliphatic heterocycles. The summed E-state index contributed by atoms with van der Waals surface area (Å²) in [5.41, 5.74) is 0. The van der Waals surface area contributed by atoms with Crippen molar-refractivity contribution in [2.45, 2.75) is 6.42 Å². The van der Waals surface area contributed by atoms with Gasteiger partial charge in [-0.2, -0.15) is 0 Å². The number of hydrogen-bond donors (Lipinski definition) is 1. The first-order valence-corrected chi connectivity index (χ1v) is 3.12. The van der Waals surface area contributed by atoms with Crippen molar-refractivity contribution >= 4 is 14.6 Å². The third kappa shape index (κ3) is 0.689. The number of carbonyl (C=O) groups excluding carboxylic acids is 1. The molecule has 1 unspecified atom stereocenters. The van der Waals surface area contributed by atoms with Crippen LogP contribution < -0.4 is 5.09 Å². The third-order valence-corrected chi connectivity index (χ3v) is 1.66. The van der Waals surface area contributed by atoms with Crippen molar-refractivity contribution < 1.29 is 4.79 Å². The molecule has 1 heterocycles. The first-order chi connectivity index (χ1) is 2.89. The first kappa shape index (κ1) is 4.07. The van der Waals surface area contributed by atoms with E-state index >= 15 is 0 Å². The van der Waals surface area contributed by atoms with Gasteiger partial charge < -0.3 is 5.09 Å². The highest BCUT2D eigenvalue weighted by Gasteiger charge is 2.05. The van der Waals surface area contributed by atoms with Crippen LogP contribution in [0.2, 0.25) is 0 Å². The summed E-state index contributed by atoms with van der Waals surface area (Å²) in [5.74, 6) is 0.216. The molecule has 34 valence electrons. The largest absolute Gasteiger partial charge is 0.338 e. The van der Waals surface area contributed by atoms with Gasteiger partial charge >= 0.3 is 0 Å². The highest BCUT2D eigenvalue weighted by atomic mass is 31.1. The van der Waals surface area contributed by atoms with Crippen LogP contribution in [-0.2, 0) is 4.79 Å². The lowest BCUT2D eigenvalue weighted by atomic mass is 10.5. The number of hydrogen-bond acceptors (Lipinski definition) is 1. The Morgan fingerprint density at radius 3 is 2.83 bits per heavy atom. The van der Waals surface area contributed by atoms with E-state index < -0.39 is 0 Å². The Hall–Kier alpha value is -0.100. The molecule has 1 fully saturated rings. The Kier molecular flexibility index (Phi) is 1.06. The Morgan fingerprint density at radius 1 is 1.83 bits per heavy atom. The van der Waals surface area contributed by atoms with Gasteiger partial charge in [0.2, 0.25) is 5.91 Å². The molecule has 1 aliphatic rings. The van der Waals surface area contributed by atoms with Crippen LogP contribution in [0.3, 0.4) is 0 Å². The van der Waals surface area contributed by atoms with Gasteiger partial charge in [-0.15, -0.1) is 0 Å². The minimum atomic E-state index is 0.216. The highest BCUT2D eigenvalue weighted by molar-refractivity contribution is 7.37. The fourth-order valence-corrected chi connectivity index (χ4v) is 1.20. The average Bonchev–Trinajstić information content (AvgIpc) is 1.86. The summed E-state index contributed by atoms with van der Waals surface area (Å²) in [4.78, 5) is 10.1. The van der Waals surface area contributed by atoms with E-state index in [0.717, 1.165) is 12.6 Å². The van der Waals surface area contributed by atoms with Gasteiger partial charge in [0.05, 0.1) is 0 Å². The lowest BCUT2D eigenvalue weighted by Gasteiger charge is -1.79. The summed E-state index contributed by atoms with van der Waals surface area (Å²) in [6.45, 7) is 0. The van der Waals surface area contributed by atoms with Crippen molar-refractivity contribution in [2.24, 2.45) is 0 Å². The molecule has 0 aromatic heterocycles. The monoisotopic (exact) mass is 103 g/mol. The van der Waals surface area contributed by atoms with Crippen LogP contribution in [0, 0.1) is 0 Å². The Bertz CT molecular complexity index is 65.2. The number of nitrogens with one attached hydrogen (secondary N) is 1. The van der Waals surface area contributed by atoms with Crippen LogP contribution in [0.1, 0.15) is 6.42 Å². The molecule has 1 atom stereocenters. The molecule has 0 bridgehead atoms. The van der Waals surface area contributed by atoms with Gasteiger partial charge in [-0.1, -0.05) is 0 Å². The Labute approximate surface area is 38.1 Å². The van der Waals surface area contributed by atoms with Crippen molar-refractivity contribution in [3.05, 3.63) is 0 Å². The van der Waals surface area contributed by atoms with Gasteiger partial charge in [0.25, 0.3) is 0 Å². The van der Waals surface area contributed by atoms with E-state index in [1.54, 1.807) is 0 Å². The van der Waals surface area contributed by atoms with Gasteiger partial charge in [0.1, 0.15) is 0 Å². The van der Waals surface area contributed by atoms with Gasteiger partial charge in [-0.3, -0.25) is 4.79 Å². The lowest BCUT2D eigenvalue weighted by Crippen LogP contribution is -2.03. The SMILES string of the molecule is O=C1CCPN1. The predicted octanol–water partition coefficient (Wildman–Crippen LogP) is 0.0998. The Morgan fingerprint density at radius 2 is 2.67 bits per heavy atom. The normalized spacial score (nSPS) is 25.0. The average molecular weight is 103 g/mol. The van der Waals surface area contributed by atoms with E-state index in [-0.39, 0.29) is 5.91 Å². The van der Waals surface area contributed by atoms with Crippen LogP contribution in [0.25, 0.3) is 0 Å². The maximum absolute atomic E-state index is 10.1. The summed E-state index contributed by atoms with van der Waals surface area (Å²) in [6, 6.07) is 0. The quantitative estimate of drug-likeness (QED) is 0.433. The van der Waals surface area contributed by atoms with Gasteiger partial charge in [0, 0.05) is 6.42 Å². The van der Waals surface area contributed by atoms with Crippen LogP contribution >= 0.6 is 8.73 Å². The van der Waals surface area contributed by atoms with Gasteiger partial charge in [-0.05, 0) is 14.9 Å². The van der Waals surface area contributed by atoms with E-state index in [1.165, 1.54) is 0 Å². The summed E-state index contributed by atoms with van der Waals surface area (Å²) < 4.78 is 0. The fraction of sp³-hybridized carbons (Fsp3) is 0.667. The first-order valence-electron chi connectivity index (χ1n) is 1.91. The Balaban J connectivity index is 2.37. The molecule has 2 nitrogen and oxygen atoms in total. The third-order valence-electron chi connectivity index (χ3n) is 0.705. The molecule has 0 spiro atoms. The molecule has 6 heavy (non-hydrogen) atoms. The topological polar surface area (TPSA) is 29.1 Å². The van der Waals surface area contributed by atoms with E-state index in [0.29, 0.717) is 8.73 Å². The molecule has 0 aromatic carbocycles. The van der Waals surface area contributed by atoms with Gasteiger partial charge in [-0.25, -0.2) is 0 Å². The molecule has 1 saturated heterocycles. The van der Waals surface area contributed by atoms with Crippen LogP contribution in [0.5, 0.6) is 0 Å². The maximum atomic E-state index is 10.1. The smallest absolute Gasteiger partial charge is 0.223 e. The zero-order valence-corrected chi connectivity index (χ0v) is 4.32. The second kappa shape index (κ2) is 1.57. The molecule has 0 aliphatic carbocycles. The maximum Gasteiger partial charge on any atom is 0.223 e. The molecule has 1 amide bonds. The molecular weight excluding hydrogens is 97.0 g/mol. The summed E-state index contributed by atoms with van der Waals surface area (Å²) >= 11 is 0. The van der Waals surface area contributed by atoms with E-state index in [4.69, 9.17) is 0 Å². The van der Waals surface area contributed by atoms with Crippen molar-refractivity contribution in [1.82, 2.24) is 5.09 Å².